The van der Waals surface area contributed by atoms with Crippen LogP contribution in [0.5, 0.6) is 0 Å². The van der Waals surface area contributed by atoms with Gasteiger partial charge in [0, 0.05) is 5.02 Å². The van der Waals surface area contributed by atoms with Crippen molar-refractivity contribution in [3.8, 4) is 0 Å². The molecule has 0 aliphatic carbocycles. The van der Waals surface area contributed by atoms with Gasteiger partial charge in [-0.15, -0.1) is 0 Å². The third kappa shape index (κ3) is 2.44. The van der Waals surface area contributed by atoms with Crippen LogP contribution in [0.1, 0.15) is 11.7 Å². The van der Waals surface area contributed by atoms with E-state index in [4.69, 9.17) is 11.6 Å². The molecule has 0 radical (unpaired) electrons. The van der Waals surface area contributed by atoms with Crippen molar-refractivity contribution in [2.45, 2.75) is 6.10 Å². The van der Waals surface area contributed by atoms with Crippen LogP contribution >= 0.6 is 11.6 Å². The second-order valence-corrected chi connectivity index (χ2v) is 2.92. The Balaban J connectivity index is 2.88. The van der Waals surface area contributed by atoms with Crippen molar-refractivity contribution in [2.24, 2.45) is 0 Å². The summed E-state index contributed by atoms with van der Waals surface area (Å²) in [5.41, 5.74) is 0.430. The summed E-state index contributed by atoms with van der Waals surface area (Å²) in [7, 11) is 1.22. The maximum atomic E-state index is 10.9. The van der Waals surface area contributed by atoms with E-state index in [0.29, 0.717) is 10.6 Å². The van der Waals surface area contributed by atoms with Crippen LogP contribution < -0.4 is 0 Å². The van der Waals surface area contributed by atoms with E-state index in [1.54, 1.807) is 18.2 Å². The SMILES string of the molecule is COC(=O)C(O)c1cccc(Cl)c1. The molecule has 0 heterocycles. The molecule has 0 saturated carbocycles. The van der Waals surface area contributed by atoms with Crippen LogP contribution in [0.15, 0.2) is 24.3 Å². The van der Waals surface area contributed by atoms with E-state index in [0.717, 1.165) is 0 Å². The van der Waals surface area contributed by atoms with Crippen molar-refractivity contribution in [3.05, 3.63) is 34.9 Å². The van der Waals surface area contributed by atoms with E-state index in [9.17, 15) is 9.90 Å². The number of esters is 1. The molecule has 0 saturated heterocycles. The lowest BCUT2D eigenvalue weighted by Gasteiger charge is -2.07. The van der Waals surface area contributed by atoms with Gasteiger partial charge >= 0.3 is 5.97 Å². The summed E-state index contributed by atoms with van der Waals surface area (Å²) in [5, 5.41) is 9.85. The molecule has 1 atom stereocenters. The van der Waals surface area contributed by atoms with Gasteiger partial charge in [0.1, 0.15) is 0 Å². The fourth-order valence-electron chi connectivity index (χ4n) is 0.924. The number of methoxy groups -OCH3 is 1. The number of carbonyl (C=O) groups excluding carboxylic acids is 1. The summed E-state index contributed by atoms with van der Waals surface area (Å²) >= 11 is 5.67. The molecule has 0 amide bonds. The summed E-state index contributed by atoms with van der Waals surface area (Å²) in [6, 6.07) is 6.44. The van der Waals surface area contributed by atoms with Gasteiger partial charge in [-0.05, 0) is 17.7 Å². The maximum absolute atomic E-state index is 10.9. The van der Waals surface area contributed by atoms with Gasteiger partial charge in [-0.3, -0.25) is 0 Å². The van der Waals surface area contributed by atoms with Gasteiger partial charge in [-0.25, -0.2) is 4.79 Å². The van der Waals surface area contributed by atoms with Crippen LogP contribution in [0.3, 0.4) is 0 Å². The highest BCUT2D eigenvalue weighted by Crippen LogP contribution is 2.18. The molecule has 1 unspecified atom stereocenters. The molecule has 0 spiro atoms. The van der Waals surface area contributed by atoms with Gasteiger partial charge in [0.2, 0.25) is 0 Å². The van der Waals surface area contributed by atoms with Crippen molar-refractivity contribution < 1.29 is 14.6 Å². The van der Waals surface area contributed by atoms with E-state index < -0.39 is 12.1 Å². The Bertz CT molecular complexity index is 311. The van der Waals surface area contributed by atoms with Crippen LogP contribution in [0.25, 0.3) is 0 Å². The molecular weight excluding hydrogens is 192 g/mol. The Morgan fingerprint density at radius 3 is 2.85 bits per heavy atom. The number of ether oxygens (including phenoxy) is 1. The largest absolute Gasteiger partial charge is 0.467 e. The van der Waals surface area contributed by atoms with Gasteiger partial charge in [-0.1, -0.05) is 23.7 Å². The van der Waals surface area contributed by atoms with Crippen molar-refractivity contribution in [1.82, 2.24) is 0 Å². The molecular formula is C9H9ClO3. The Morgan fingerprint density at radius 2 is 2.31 bits per heavy atom. The first-order chi connectivity index (χ1) is 6.15. The predicted molar refractivity (Wildman–Crippen MR) is 48.4 cm³/mol. The standard InChI is InChI=1S/C9H9ClO3/c1-13-9(12)8(11)6-3-2-4-7(10)5-6/h2-5,8,11H,1H3. The Labute approximate surface area is 80.9 Å². The quantitative estimate of drug-likeness (QED) is 0.737. The minimum atomic E-state index is -1.26. The van der Waals surface area contributed by atoms with Gasteiger partial charge in [0.05, 0.1) is 7.11 Å². The zero-order valence-electron chi connectivity index (χ0n) is 7.03. The molecule has 3 nitrogen and oxygen atoms in total. The monoisotopic (exact) mass is 200 g/mol. The second kappa shape index (κ2) is 4.25. The summed E-state index contributed by atoms with van der Waals surface area (Å²) in [4.78, 5) is 10.9. The van der Waals surface area contributed by atoms with E-state index in [2.05, 4.69) is 4.74 Å². The molecule has 0 aromatic heterocycles. The third-order valence-corrected chi connectivity index (χ3v) is 1.82. The molecule has 0 aliphatic heterocycles. The van der Waals surface area contributed by atoms with Crippen LogP contribution in [0, 0.1) is 0 Å². The highest BCUT2D eigenvalue weighted by molar-refractivity contribution is 6.30. The lowest BCUT2D eigenvalue weighted by molar-refractivity contribution is -0.150. The first-order valence-electron chi connectivity index (χ1n) is 3.66. The number of hydrogen-bond donors (Lipinski definition) is 1. The predicted octanol–water partition coefficient (Wildman–Crippen LogP) is 1.55. The lowest BCUT2D eigenvalue weighted by Crippen LogP contribution is -2.13. The highest BCUT2D eigenvalue weighted by atomic mass is 35.5. The number of halogens is 1. The fraction of sp³-hybridized carbons (Fsp3) is 0.222. The molecule has 0 fully saturated rings. The molecule has 0 bridgehead atoms. The number of carbonyl (C=O) groups is 1. The second-order valence-electron chi connectivity index (χ2n) is 2.48. The number of rotatable bonds is 2. The average Bonchev–Trinajstić information content (AvgIpc) is 2.15. The normalized spacial score (nSPS) is 12.2. The minimum Gasteiger partial charge on any atom is -0.467 e. The number of hydrogen-bond acceptors (Lipinski definition) is 3. The van der Waals surface area contributed by atoms with E-state index in [1.165, 1.54) is 13.2 Å². The molecule has 1 N–H and O–H groups in total. The van der Waals surface area contributed by atoms with Crippen molar-refractivity contribution in [1.29, 1.82) is 0 Å². The molecule has 1 rings (SSSR count). The molecule has 13 heavy (non-hydrogen) atoms. The zero-order chi connectivity index (χ0) is 9.84. The summed E-state index contributed by atoms with van der Waals surface area (Å²) in [5.74, 6) is -0.692. The van der Waals surface area contributed by atoms with Crippen molar-refractivity contribution in [3.63, 3.8) is 0 Å². The maximum Gasteiger partial charge on any atom is 0.339 e. The minimum absolute atomic E-state index is 0.430. The Hall–Kier alpha value is -1.06. The summed E-state index contributed by atoms with van der Waals surface area (Å²) in [6.07, 6.45) is -1.26. The van der Waals surface area contributed by atoms with Gasteiger partial charge in [0.25, 0.3) is 0 Å². The molecule has 1 aromatic carbocycles. The third-order valence-electron chi connectivity index (χ3n) is 1.59. The Morgan fingerprint density at radius 1 is 1.62 bits per heavy atom. The first-order valence-corrected chi connectivity index (χ1v) is 4.04. The Kier molecular flexibility index (Phi) is 3.28. The topological polar surface area (TPSA) is 46.5 Å². The fourth-order valence-corrected chi connectivity index (χ4v) is 1.12. The highest BCUT2D eigenvalue weighted by Gasteiger charge is 2.17. The molecule has 1 aromatic rings. The van der Waals surface area contributed by atoms with E-state index in [1.807, 2.05) is 0 Å². The summed E-state index contributed by atoms with van der Waals surface area (Å²) in [6.45, 7) is 0. The number of benzene rings is 1. The summed E-state index contributed by atoms with van der Waals surface area (Å²) < 4.78 is 4.37. The van der Waals surface area contributed by atoms with Crippen LogP contribution in [0.4, 0.5) is 0 Å². The average molecular weight is 201 g/mol. The van der Waals surface area contributed by atoms with E-state index >= 15 is 0 Å². The molecule has 70 valence electrons. The van der Waals surface area contributed by atoms with Crippen LogP contribution in [-0.2, 0) is 9.53 Å². The first kappa shape index (κ1) is 10.0. The molecule has 0 aliphatic rings. The van der Waals surface area contributed by atoms with Gasteiger partial charge in [0.15, 0.2) is 6.10 Å². The van der Waals surface area contributed by atoms with Crippen molar-refractivity contribution >= 4 is 17.6 Å². The van der Waals surface area contributed by atoms with Crippen LogP contribution in [-0.4, -0.2) is 18.2 Å². The zero-order valence-corrected chi connectivity index (χ0v) is 7.78. The van der Waals surface area contributed by atoms with Crippen LogP contribution in [0.2, 0.25) is 5.02 Å². The number of aliphatic hydroxyl groups is 1. The van der Waals surface area contributed by atoms with Gasteiger partial charge in [-0.2, -0.15) is 0 Å². The lowest BCUT2D eigenvalue weighted by atomic mass is 10.1. The van der Waals surface area contributed by atoms with Crippen molar-refractivity contribution in [2.75, 3.05) is 7.11 Å². The van der Waals surface area contributed by atoms with Gasteiger partial charge < -0.3 is 9.84 Å². The number of aliphatic hydroxyl groups excluding tert-OH is 1. The van der Waals surface area contributed by atoms with E-state index in [-0.39, 0.29) is 0 Å². The molecule has 4 heteroatoms. The smallest absolute Gasteiger partial charge is 0.339 e.